The average Bonchev–Trinajstić information content (AvgIpc) is 3.04. The molecule has 0 aliphatic carbocycles. The molecule has 0 saturated heterocycles. The van der Waals surface area contributed by atoms with E-state index in [0.717, 1.165) is 11.3 Å². The molecule has 0 atom stereocenters. The number of anilines is 2. The van der Waals surface area contributed by atoms with Crippen LogP contribution in [0.25, 0.3) is 5.57 Å². The Labute approximate surface area is 188 Å². The van der Waals surface area contributed by atoms with Crippen LogP contribution in [-0.2, 0) is 9.59 Å². The van der Waals surface area contributed by atoms with Crippen molar-refractivity contribution in [3.8, 4) is 5.75 Å². The zero-order chi connectivity index (χ0) is 22.8. The van der Waals surface area contributed by atoms with E-state index in [1.165, 1.54) is 10.5 Å². The first-order chi connectivity index (χ1) is 15.4. The Kier molecular flexibility index (Phi) is 5.82. The van der Waals surface area contributed by atoms with E-state index in [2.05, 4.69) is 19.2 Å². The number of hydrogen-bond donors (Lipinski definition) is 1. The van der Waals surface area contributed by atoms with Gasteiger partial charge >= 0.3 is 0 Å². The summed E-state index contributed by atoms with van der Waals surface area (Å²) in [6.07, 6.45) is 0. The predicted octanol–water partition coefficient (Wildman–Crippen LogP) is 5.52. The number of nitrogens with one attached hydrogen (secondary N) is 1. The van der Waals surface area contributed by atoms with E-state index in [4.69, 9.17) is 4.74 Å². The lowest BCUT2D eigenvalue weighted by Gasteiger charge is -2.16. The van der Waals surface area contributed by atoms with Gasteiger partial charge in [-0.3, -0.25) is 9.59 Å². The summed E-state index contributed by atoms with van der Waals surface area (Å²) in [4.78, 5) is 28.1. The lowest BCUT2D eigenvalue weighted by atomic mass is 10.0. The SMILES string of the molecule is COc1ccc(N2C(=O)C(Nc3ccc(C(C)C)cc3)=C(c3ccc(C)cc3)C2=O)cc1. The van der Waals surface area contributed by atoms with Gasteiger partial charge in [0.25, 0.3) is 11.8 Å². The summed E-state index contributed by atoms with van der Waals surface area (Å²) in [6, 6.07) is 22.4. The van der Waals surface area contributed by atoms with Gasteiger partial charge in [-0.2, -0.15) is 0 Å². The normalized spacial score (nSPS) is 13.8. The van der Waals surface area contributed by atoms with Crippen LogP contribution >= 0.6 is 0 Å². The molecule has 4 rings (SSSR count). The third kappa shape index (κ3) is 4.02. The number of nitrogens with zero attached hydrogens (tertiary/aromatic N) is 1. The predicted molar refractivity (Wildman–Crippen MR) is 128 cm³/mol. The fourth-order valence-corrected chi connectivity index (χ4v) is 3.70. The van der Waals surface area contributed by atoms with E-state index in [1.54, 1.807) is 31.4 Å². The Bertz CT molecular complexity index is 1180. The highest BCUT2D eigenvalue weighted by Gasteiger charge is 2.40. The number of ether oxygens (including phenoxy) is 1. The van der Waals surface area contributed by atoms with Crippen LogP contribution in [-0.4, -0.2) is 18.9 Å². The highest BCUT2D eigenvalue weighted by atomic mass is 16.5. The maximum Gasteiger partial charge on any atom is 0.282 e. The molecule has 3 aromatic rings. The number of carbonyl (C=O) groups is 2. The van der Waals surface area contributed by atoms with E-state index in [0.29, 0.717) is 28.5 Å². The number of amides is 2. The van der Waals surface area contributed by atoms with E-state index in [1.807, 2.05) is 55.5 Å². The van der Waals surface area contributed by atoms with Crippen LogP contribution in [0.5, 0.6) is 5.75 Å². The molecule has 1 aliphatic rings. The lowest BCUT2D eigenvalue weighted by Crippen LogP contribution is -2.32. The Morgan fingerprint density at radius 3 is 2.00 bits per heavy atom. The molecular formula is C27H26N2O3. The molecule has 2 amide bonds. The van der Waals surface area contributed by atoms with Crippen LogP contribution in [0.1, 0.15) is 36.5 Å². The highest BCUT2D eigenvalue weighted by Crippen LogP contribution is 2.34. The van der Waals surface area contributed by atoms with Crippen molar-refractivity contribution < 1.29 is 14.3 Å². The second kappa shape index (κ2) is 8.71. The Hall–Kier alpha value is -3.86. The monoisotopic (exact) mass is 426 g/mol. The third-order valence-corrected chi connectivity index (χ3v) is 5.60. The molecule has 0 bridgehead atoms. The van der Waals surface area contributed by atoms with Crippen molar-refractivity contribution in [2.45, 2.75) is 26.7 Å². The Morgan fingerprint density at radius 2 is 1.44 bits per heavy atom. The molecule has 0 fully saturated rings. The molecule has 1 N–H and O–H groups in total. The van der Waals surface area contributed by atoms with Crippen LogP contribution in [0.3, 0.4) is 0 Å². The number of methoxy groups -OCH3 is 1. The molecule has 0 unspecified atom stereocenters. The number of imide groups is 1. The molecule has 0 radical (unpaired) electrons. The van der Waals surface area contributed by atoms with Crippen molar-refractivity contribution in [1.29, 1.82) is 0 Å². The van der Waals surface area contributed by atoms with Crippen molar-refractivity contribution >= 4 is 28.8 Å². The zero-order valence-corrected chi connectivity index (χ0v) is 18.7. The Balaban J connectivity index is 1.76. The number of benzene rings is 3. The van der Waals surface area contributed by atoms with Gasteiger partial charge in [-0.1, -0.05) is 55.8 Å². The minimum Gasteiger partial charge on any atom is -0.497 e. The van der Waals surface area contributed by atoms with Crippen molar-refractivity contribution in [3.63, 3.8) is 0 Å². The standard InChI is InChI=1S/C27H26N2O3/c1-17(2)19-9-11-21(12-10-19)28-25-24(20-7-5-18(3)6-8-20)26(30)29(27(25)31)22-13-15-23(32-4)16-14-22/h5-17,28H,1-4H3. The summed E-state index contributed by atoms with van der Waals surface area (Å²) < 4.78 is 5.20. The molecule has 0 aromatic heterocycles. The first-order valence-corrected chi connectivity index (χ1v) is 10.6. The van der Waals surface area contributed by atoms with Gasteiger partial charge < -0.3 is 10.1 Å². The van der Waals surface area contributed by atoms with Gasteiger partial charge in [0.1, 0.15) is 11.4 Å². The highest BCUT2D eigenvalue weighted by molar-refractivity contribution is 6.46. The van der Waals surface area contributed by atoms with Gasteiger partial charge in [-0.15, -0.1) is 0 Å². The summed E-state index contributed by atoms with van der Waals surface area (Å²) in [5.74, 6) is 0.323. The smallest absolute Gasteiger partial charge is 0.282 e. The van der Waals surface area contributed by atoms with Crippen molar-refractivity contribution in [2.24, 2.45) is 0 Å². The summed E-state index contributed by atoms with van der Waals surface area (Å²) in [7, 11) is 1.57. The van der Waals surface area contributed by atoms with Crippen molar-refractivity contribution in [1.82, 2.24) is 0 Å². The molecule has 1 heterocycles. The summed E-state index contributed by atoms with van der Waals surface area (Å²) in [5, 5.41) is 3.22. The molecule has 5 nitrogen and oxygen atoms in total. The van der Waals surface area contributed by atoms with Crippen LogP contribution in [0.2, 0.25) is 0 Å². The number of carbonyl (C=O) groups excluding carboxylic acids is 2. The molecule has 5 heteroatoms. The third-order valence-electron chi connectivity index (χ3n) is 5.60. The van der Waals surface area contributed by atoms with Crippen LogP contribution < -0.4 is 15.0 Å². The molecule has 0 spiro atoms. The van der Waals surface area contributed by atoms with Gasteiger partial charge in [0, 0.05) is 5.69 Å². The van der Waals surface area contributed by atoms with Gasteiger partial charge in [0.05, 0.1) is 18.4 Å². The van der Waals surface area contributed by atoms with Crippen molar-refractivity contribution in [2.75, 3.05) is 17.3 Å². The second-order valence-electron chi connectivity index (χ2n) is 8.16. The summed E-state index contributed by atoms with van der Waals surface area (Å²) >= 11 is 0. The number of rotatable bonds is 6. The number of aryl methyl sites for hydroxylation is 1. The first-order valence-electron chi connectivity index (χ1n) is 10.6. The minimum absolute atomic E-state index is 0.270. The number of hydrogen-bond acceptors (Lipinski definition) is 4. The van der Waals surface area contributed by atoms with Gasteiger partial charge in [0.15, 0.2) is 0 Å². The van der Waals surface area contributed by atoms with Gasteiger partial charge in [-0.05, 0) is 60.4 Å². The lowest BCUT2D eigenvalue weighted by molar-refractivity contribution is -0.120. The fraction of sp³-hybridized carbons (Fsp3) is 0.185. The molecular weight excluding hydrogens is 400 g/mol. The zero-order valence-electron chi connectivity index (χ0n) is 18.7. The van der Waals surface area contributed by atoms with Crippen LogP contribution in [0.15, 0.2) is 78.5 Å². The molecule has 3 aromatic carbocycles. The maximum atomic E-state index is 13.5. The minimum atomic E-state index is -0.385. The van der Waals surface area contributed by atoms with E-state index < -0.39 is 0 Å². The van der Waals surface area contributed by atoms with E-state index in [9.17, 15) is 9.59 Å². The summed E-state index contributed by atoms with van der Waals surface area (Å²) in [5.41, 5.74) is 4.87. The topological polar surface area (TPSA) is 58.6 Å². The van der Waals surface area contributed by atoms with Crippen molar-refractivity contribution in [3.05, 3.63) is 95.2 Å². The van der Waals surface area contributed by atoms with Crippen LogP contribution in [0, 0.1) is 6.92 Å². The summed E-state index contributed by atoms with van der Waals surface area (Å²) in [6.45, 7) is 6.25. The average molecular weight is 427 g/mol. The van der Waals surface area contributed by atoms with Gasteiger partial charge in [-0.25, -0.2) is 4.90 Å². The van der Waals surface area contributed by atoms with E-state index in [-0.39, 0.29) is 17.5 Å². The first kappa shape index (κ1) is 21.4. The largest absolute Gasteiger partial charge is 0.497 e. The molecule has 1 aliphatic heterocycles. The Morgan fingerprint density at radius 1 is 0.812 bits per heavy atom. The molecule has 162 valence electrons. The van der Waals surface area contributed by atoms with Gasteiger partial charge in [0.2, 0.25) is 0 Å². The van der Waals surface area contributed by atoms with E-state index >= 15 is 0 Å². The maximum absolute atomic E-state index is 13.5. The fourth-order valence-electron chi connectivity index (χ4n) is 3.70. The molecule has 0 saturated carbocycles. The van der Waals surface area contributed by atoms with Crippen LogP contribution in [0.4, 0.5) is 11.4 Å². The quantitative estimate of drug-likeness (QED) is 0.527. The molecule has 32 heavy (non-hydrogen) atoms. The second-order valence-corrected chi connectivity index (χ2v) is 8.16.